The van der Waals surface area contributed by atoms with Crippen molar-refractivity contribution in [3.05, 3.63) is 95.1 Å². The van der Waals surface area contributed by atoms with Gasteiger partial charge in [-0.05, 0) is 0 Å². The molecule has 0 aliphatic heterocycles. The number of hydrogen-bond acceptors (Lipinski definition) is 0. The summed E-state index contributed by atoms with van der Waals surface area (Å²) in [4.78, 5) is 0. The van der Waals surface area contributed by atoms with Gasteiger partial charge in [-0.25, -0.2) is 0 Å². The van der Waals surface area contributed by atoms with Crippen molar-refractivity contribution < 1.29 is 0 Å². The zero-order chi connectivity index (χ0) is 21.5. The second kappa shape index (κ2) is 11.7. The number of hydrogen-bond donors (Lipinski definition) is 0. The first-order valence-corrected chi connectivity index (χ1v) is 18.5. The Morgan fingerprint density at radius 2 is 1.42 bits per heavy atom. The topological polar surface area (TPSA) is 0 Å². The molecule has 0 radical (unpaired) electrons. The van der Waals surface area contributed by atoms with Crippen molar-refractivity contribution in [2.75, 3.05) is 0 Å². The second-order valence-corrected chi connectivity index (χ2v) is 20.6. The van der Waals surface area contributed by atoms with Gasteiger partial charge >= 0.3 is 197 Å². The molecule has 2 aromatic carbocycles. The average molecular weight is 491 g/mol. The van der Waals surface area contributed by atoms with Gasteiger partial charge in [0.15, 0.2) is 0 Å². The van der Waals surface area contributed by atoms with Gasteiger partial charge in [-0.15, -0.1) is 0 Å². The van der Waals surface area contributed by atoms with Crippen LogP contribution in [0.1, 0.15) is 69.4 Å². The van der Waals surface area contributed by atoms with E-state index in [1.165, 1.54) is 68.7 Å². The van der Waals surface area contributed by atoms with Crippen LogP contribution in [0.4, 0.5) is 0 Å². The van der Waals surface area contributed by atoms with E-state index >= 15 is 0 Å². The van der Waals surface area contributed by atoms with Crippen LogP contribution in [0, 0.1) is 0 Å². The Kier molecular flexibility index (Phi) is 8.68. The van der Waals surface area contributed by atoms with E-state index in [-0.39, 0.29) is 0 Å². The van der Waals surface area contributed by atoms with E-state index in [4.69, 9.17) is 0 Å². The van der Waals surface area contributed by atoms with Gasteiger partial charge in [0, 0.05) is 0 Å². The molecule has 164 valence electrons. The summed E-state index contributed by atoms with van der Waals surface area (Å²) < 4.78 is 0.950. The van der Waals surface area contributed by atoms with Crippen molar-refractivity contribution in [3.8, 4) is 0 Å². The Bertz CT molecular complexity index is 821. The first-order chi connectivity index (χ1) is 15.3. The van der Waals surface area contributed by atoms with Gasteiger partial charge in [0.05, 0.1) is 0 Å². The summed E-state index contributed by atoms with van der Waals surface area (Å²) in [6.07, 6.45) is 13.6. The van der Waals surface area contributed by atoms with Crippen LogP contribution in [0.5, 0.6) is 0 Å². The molecule has 0 aromatic heterocycles. The van der Waals surface area contributed by atoms with Crippen LogP contribution in [-0.4, -0.2) is 24.5 Å². The average Bonchev–Trinajstić information content (AvgIpc) is 3.30. The van der Waals surface area contributed by atoms with Gasteiger partial charge in [-0.2, -0.15) is 0 Å². The molecule has 1 saturated carbocycles. The van der Waals surface area contributed by atoms with E-state index in [1.807, 2.05) is 5.57 Å². The first-order valence-electron chi connectivity index (χ1n) is 12.6. The summed E-state index contributed by atoms with van der Waals surface area (Å²) >= 11 is -1.34. The molecule has 0 bridgehead atoms. The van der Waals surface area contributed by atoms with Crippen molar-refractivity contribution in [1.29, 1.82) is 0 Å². The summed E-state index contributed by atoms with van der Waals surface area (Å²) in [7, 11) is 1.18. The third-order valence-electron chi connectivity index (χ3n) is 7.50. The molecule has 0 nitrogen and oxygen atoms in total. The van der Waals surface area contributed by atoms with E-state index in [0.717, 1.165) is 10.2 Å². The zero-order valence-electron chi connectivity index (χ0n) is 19.4. The summed E-state index contributed by atoms with van der Waals surface area (Å²) in [5.41, 5.74) is 7.39. The predicted octanol–water partition coefficient (Wildman–Crippen LogP) is 8.26. The second-order valence-electron chi connectivity index (χ2n) is 9.40. The fraction of sp³-hybridized carbons (Fsp3) is 0.448. The zero-order valence-corrected chi connectivity index (χ0v) is 22.8. The molecular weight excluding hydrogens is 452 g/mol. The summed E-state index contributed by atoms with van der Waals surface area (Å²) in [5.74, 6) is 0.381. The Morgan fingerprint density at radius 1 is 0.839 bits per heavy atom. The molecule has 0 N–H and O–H groups in total. The molecule has 4 rings (SSSR count). The summed E-state index contributed by atoms with van der Waals surface area (Å²) in [6.45, 7) is 5.00. The molecular formula is C29H39GeP. The molecule has 2 unspecified atom stereocenters. The van der Waals surface area contributed by atoms with Crippen molar-refractivity contribution in [2.45, 2.75) is 78.9 Å². The van der Waals surface area contributed by atoms with E-state index in [9.17, 15) is 0 Å². The Morgan fingerprint density at radius 3 is 1.97 bits per heavy atom. The Balaban J connectivity index is 1.76. The van der Waals surface area contributed by atoms with Gasteiger partial charge in [0.2, 0.25) is 0 Å². The van der Waals surface area contributed by atoms with Crippen LogP contribution in [-0.2, 0) is 0 Å². The van der Waals surface area contributed by atoms with Crippen molar-refractivity contribution in [1.82, 2.24) is 0 Å². The molecule has 2 heteroatoms. The van der Waals surface area contributed by atoms with Gasteiger partial charge in [0.1, 0.15) is 0 Å². The van der Waals surface area contributed by atoms with Crippen LogP contribution in [0.25, 0.3) is 0 Å². The fourth-order valence-corrected chi connectivity index (χ4v) is 18.7. The van der Waals surface area contributed by atoms with Crippen LogP contribution in [0.15, 0.2) is 84.0 Å². The van der Waals surface area contributed by atoms with Crippen molar-refractivity contribution in [2.24, 2.45) is 0 Å². The molecule has 2 aromatic rings. The number of benzene rings is 2. The maximum atomic E-state index is 2.50. The number of rotatable bonds is 9. The SMILES string of the molecule is C[CH2][GeH]([CH2]C)[CH](PC1CCCCC1)C1=C(C(c2ccccc2)c2ccccc2)C=CC1. The molecule has 31 heavy (non-hydrogen) atoms. The molecule has 2 aliphatic carbocycles. The Hall–Kier alpha value is -1.11. The molecule has 2 atom stereocenters. The van der Waals surface area contributed by atoms with Crippen LogP contribution in [0.3, 0.4) is 0 Å². The van der Waals surface area contributed by atoms with E-state index in [0.29, 0.717) is 5.92 Å². The normalized spacial score (nSPS) is 18.7. The third-order valence-corrected chi connectivity index (χ3v) is 20.1. The fourth-order valence-electron chi connectivity index (χ4n) is 5.77. The van der Waals surface area contributed by atoms with Crippen LogP contribution >= 0.6 is 8.58 Å². The van der Waals surface area contributed by atoms with Crippen molar-refractivity contribution in [3.63, 3.8) is 0 Å². The third kappa shape index (κ3) is 5.64. The summed E-state index contributed by atoms with van der Waals surface area (Å²) in [6, 6.07) is 22.5. The first kappa shape index (κ1) is 23.1. The molecule has 2 aliphatic rings. The molecule has 0 saturated heterocycles. The van der Waals surface area contributed by atoms with Crippen LogP contribution in [0.2, 0.25) is 10.5 Å². The van der Waals surface area contributed by atoms with E-state index in [1.54, 1.807) is 5.57 Å². The van der Waals surface area contributed by atoms with Gasteiger partial charge in [-0.1, -0.05) is 0 Å². The van der Waals surface area contributed by atoms with Gasteiger partial charge < -0.3 is 0 Å². The predicted molar refractivity (Wildman–Crippen MR) is 143 cm³/mol. The molecule has 0 spiro atoms. The quantitative estimate of drug-likeness (QED) is 0.245. The van der Waals surface area contributed by atoms with Crippen LogP contribution < -0.4 is 0 Å². The monoisotopic (exact) mass is 492 g/mol. The summed E-state index contributed by atoms with van der Waals surface area (Å²) in [5, 5.41) is 2.98. The Labute approximate surface area is 196 Å². The maximum absolute atomic E-state index is 2.50. The molecule has 1 fully saturated rings. The van der Waals surface area contributed by atoms with E-state index < -0.39 is 14.3 Å². The minimum atomic E-state index is -1.34. The standard InChI is InChI=1S/C29H39GeP/c1-3-30(4-2)29(31-25-19-12-7-13-20-25)27-22-14-21-26(27)28(23-15-8-5-9-16-23)24-17-10-6-11-18-24/h5-6,8-11,14-18,21,25,28-31H,3-4,7,12-13,19-20,22H2,1-2H3. The van der Waals surface area contributed by atoms with Gasteiger partial charge in [0.25, 0.3) is 0 Å². The molecule has 0 heterocycles. The van der Waals surface area contributed by atoms with Gasteiger partial charge in [-0.3, -0.25) is 0 Å². The van der Waals surface area contributed by atoms with Crippen molar-refractivity contribution >= 4 is 22.9 Å². The molecule has 0 amide bonds. The number of allylic oxidation sites excluding steroid dienone is 4. The minimum absolute atomic E-state index is 0.381. The van der Waals surface area contributed by atoms with E-state index in [2.05, 4.69) is 86.7 Å².